The minimum Gasteiger partial charge on any atom is -0.352 e. The number of hydrogen-bond donors (Lipinski definition) is 1. The van der Waals surface area contributed by atoms with Gasteiger partial charge in [0.05, 0.1) is 11.9 Å². The molecule has 5 nitrogen and oxygen atoms in total. The molecular formula is C16H26N2O3S. The number of benzene rings is 1. The summed E-state index contributed by atoms with van der Waals surface area (Å²) in [4.78, 5) is 12.2. The van der Waals surface area contributed by atoms with Gasteiger partial charge in [0.25, 0.3) is 0 Å². The van der Waals surface area contributed by atoms with E-state index in [-0.39, 0.29) is 24.4 Å². The lowest BCUT2D eigenvalue weighted by Crippen LogP contribution is -2.45. The Labute approximate surface area is 133 Å². The van der Waals surface area contributed by atoms with E-state index in [2.05, 4.69) is 5.32 Å². The first kappa shape index (κ1) is 18.5. The molecule has 1 amide bonds. The second-order valence-corrected chi connectivity index (χ2v) is 8.02. The van der Waals surface area contributed by atoms with Crippen molar-refractivity contribution in [3.8, 4) is 0 Å². The number of nitrogens with zero attached hydrogens (tertiary/aromatic N) is 1. The van der Waals surface area contributed by atoms with Crippen LogP contribution in [0, 0.1) is 19.8 Å². The van der Waals surface area contributed by atoms with Gasteiger partial charge in [0.2, 0.25) is 15.9 Å². The van der Waals surface area contributed by atoms with Crippen LogP contribution in [-0.4, -0.2) is 33.2 Å². The first-order valence-electron chi connectivity index (χ1n) is 7.37. The van der Waals surface area contributed by atoms with Crippen molar-refractivity contribution in [2.24, 2.45) is 5.92 Å². The van der Waals surface area contributed by atoms with Gasteiger partial charge < -0.3 is 5.32 Å². The second kappa shape index (κ2) is 7.13. The highest BCUT2D eigenvalue weighted by Gasteiger charge is 2.24. The zero-order valence-corrected chi connectivity index (χ0v) is 15.0. The molecule has 0 radical (unpaired) electrons. The fraction of sp³-hybridized carbons (Fsp3) is 0.562. The number of amides is 1. The van der Waals surface area contributed by atoms with Crippen molar-refractivity contribution in [3.05, 3.63) is 29.3 Å². The number of para-hydroxylation sites is 1. The molecule has 0 aliphatic heterocycles. The lowest BCUT2D eigenvalue weighted by Gasteiger charge is -2.26. The topological polar surface area (TPSA) is 66.5 Å². The lowest BCUT2D eigenvalue weighted by molar-refractivity contribution is -0.120. The average Bonchev–Trinajstić information content (AvgIpc) is 2.35. The highest BCUT2D eigenvalue weighted by Crippen LogP contribution is 2.26. The number of aryl methyl sites for hydroxylation is 2. The monoisotopic (exact) mass is 326 g/mol. The Kier molecular flexibility index (Phi) is 6.00. The molecule has 1 atom stereocenters. The van der Waals surface area contributed by atoms with Gasteiger partial charge in [-0.3, -0.25) is 9.10 Å². The zero-order valence-electron chi connectivity index (χ0n) is 14.2. The average molecular weight is 326 g/mol. The van der Waals surface area contributed by atoms with E-state index in [9.17, 15) is 13.2 Å². The van der Waals surface area contributed by atoms with Gasteiger partial charge in [-0.2, -0.15) is 0 Å². The molecule has 0 saturated heterocycles. The standard InChI is InChI=1S/C16H26N2O3S/c1-11(2)14(5)17-15(19)10-18(22(6,20)21)16-12(3)8-7-9-13(16)4/h7-9,11,14H,10H2,1-6H3,(H,17,19). The van der Waals surface area contributed by atoms with Gasteiger partial charge in [0.15, 0.2) is 0 Å². The van der Waals surface area contributed by atoms with Crippen molar-refractivity contribution in [3.63, 3.8) is 0 Å². The molecule has 0 aromatic heterocycles. The van der Waals surface area contributed by atoms with Crippen molar-refractivity contribution in [1.29, 1.82) is 0 Å². The van der Waals surface area contributed by atoms with E-state index in [1.54, 1.807) is 0 Å². The van der Waals surface area contributed by atoms with Crippen LogP contribution in [0.25, 0.3) is 0 Å². The maximum Gasteiger partial charge on any atom is 0.240 e. The van der Waals surface area contributed by atoms with Crippen LogP contribution in [0.4, 0.5) is 5.69 Å². The molecule has 0 aliphatic rings. The highest BCUT2D eigenvalue weighted by molar-refractivity contribution is 7.92. The summed E-state index contributed by atoms with van der Waals surface area (Å²) in [5.41, 5.74) is 2.24. The summed E-state index contributed by atoms with van der Waals surface area (Å²) in [7, 11) is -3.54. The van der Waals surface area contributed by atoms with E-state index in [0.29, 0.717) is 5.69 Å². The molecule has 6 heteroatoms. The minimum absolute atomic E-state index is 0.00752. The van der Waals surface area contributed by atoms with Gasteiger partial charge in [0, 0.05) is 6.04 Å². The number of nitrogens with one attached hydrogen (secondary N) is 1. The third kappa shape index (κ3) is 4.73. The molecule has 1 aromatic carbocycles. The van der Waals surface area contributed by atoms with Gasteiger partial charge in [0.1, 0.15) is 6.54 Å². The van der Waals surface area contributed by atoms with Gasteiger partial charge in [-0.1, -0.05) is 32.0 Å². The van der Waals surface area contributed by atoms with E-state index in [1.807, 2.05) is 52.8 Å². The Balaban J connectivity index is 3.09. The van der Waals surface area contributed by atoms with Crippen LogP contribution in [0.2, 0.25) is 0 Å². The number of sulfonamides is 1. The number of hydrogen-bond acceptors (Lipinski definition) is 3. The van der Waals surface area contributed by atoms with Crippen LogP contribution in [-0.2, 0) is 14.8 Å². The smallest absolute Gasteiger partial charge is 0.240 e. The van der Waals surface area contributed by atoms with Gasteiger partial charge >= 0.3 is 0 Å². The van der Waals surface area contributed by atoms with Crippen molar-refractivity contribution in [1.82, 2.24) is 5.32 Å². The molecule has 1 rings (SSSR count). The summed E-state index contributed by atoms with van der Waals surface area (Å²) in [6.45, 7) is 9.40. The Morgan fingerprint density at radius 3 is 2.09 bits per heavy atom. The summed E-state index contributed by atoms with van der Waals surface area (Å²) >= 11 is 0. The zero-order chi connectivity index (χ0) is 17.1. The molecule has 0 fully saturated rings. The number of carbonyl (C=O) groups is 1. The molecule has 1 N–H and O–H groups in total. The summed E-state index contributed by atoms with van der Waals surface area (Å²) in [5, 5.41) is 2.85. The molecule has 22 heavy (non-hydrogen) atoms. The van der Waals surface area contributed by atoms with Gasteiger partial charge in [-0.15, -0.1) is 0 Å². The van der Waals surface area contributed by atoms with Gasteiger partial charge in [-0.05, 0) is 37.8 Å². The highest BCUT2D eigenvalue weighted by atomic mass is 32.2. The third-order valence-corrected chi connectivity index (χ3v) is 4.88. The molecule has 0 aliphatic carbocycles. The first-order chi connectivity index (χ1) is 10.0. The number of rotatable bonds is 6. The lowest BCUT2D eigenvalue weighted by atomic mass is 10.1. The molecule has 124 valence electrons. The molecule has 1 aromatic rings. The molecule has 1 unspecified atom stereocenters. The quantitative estimate of drug-likeness (QED) is 0.872. The molecule has 0 bridgehead atoms. The summed E-state index contributed by atoms with van der Waals surface area (Å²) in [6, 6.07) is 5.55. The van der Waals surface area contributed by atoms with E-state index in [1.165, 1.54) is 4.31 Å². The van der Waals surface area contributed by atoms with E-state index >= 15 is 0 Å². The normalized spacial score (nSPS) is 13.0. The van der Waals surface area contributed by atoms with Crippen LogP contribution < -0.4 is 9.62 Å². The van der Waals surface area contributed by atoms with E-state index in [0.717, 1.165) is 17.4 Å². The first-order valence-corrected chi connectivity index (χ1v) is 9.22. The number of anilines is 1. The summed E-state index contributed by atoms with van der Waals surface area (Å²) in [6.07, 6.45) is 1.12. The van der Waals surface area contributed by atoms with E-state index < -0.39 is 10.0 Å². The largest absolute Gasteiger partial charge is 0.352 e. The van der Waals surface area contributed by atoms with Crippen LogP contribution in [0.3, 0.4) is 0 Å². The predicted octanol–water partition coefficient (Wildman–Crippen LogP) is 2.23. The molecule has 0 heterocycles. The Bertz CT molecular complexity index is 619. The molecule has 0 saturated carbocycles. The maximum atomic E-state index is 12.2. The van der Waals surface area contributed by atoms with Crippen molar-refractivity contribution in [2.45, 2.75) is 40.7 Å². The third-order valence-electron chi connectivity index (χ3n) is 3.77. The fourth-order valence-electron chi connectivity index (χ4n) is 2.16. The van der Waals surface area contributed by atoms with Crippen LogP contribution in [0.5, 0.6) is 0 Å². The second-order valence-electron chi connectivity index (χ2n) is 6.11. The Hall–Kier alpha value is -1.56. The maximum absolute atomic E-state index is 12.2. The van der Waals surface area contributed by atoms with Crippen molar-refractivity contribution < 1.29 is 13.2 Å². The summed E-state index contributed by atoms with van der Waals surface area (Å²) < 4.78 is 25.5. The van der Waals surface area contributed by atoms with Crippen molar-refractivity contribution in [2.75, 3.05) is 17.1 Å². The van der Waals surface area contributed by atoms with E-state index in [4.69, 9.17) is 0 Å². The number of carbonyl (C=O) groups excluding carboxylic acids is 1. The van der Waals surface area contributed by atoms with Crippen LogP contribution >= 0.6 is 0 Å². The van der Waals surface area contributed by atoms with Crippen LogP contribution in [0.15, 0.2) is 18.2 Å². The Morgan fingerprint density at radius 1 is 1.18 bits per heavy atom. The predicted molar refractivity (Wildman–Crippen MR) is 90.5 cm³/mol. The molecule has 0 spiro atoms. The van der Waals surface area contributed by atoms with Crippen LogP contribution in [0.1, 0.15) is 31.9 Å². The summed E-state index contributed by atoms with van der Waals surface area (Å²) in [5.74, 6) is -0.00916. The van der Waals surface area contributed by atoms with Gasteiger partial charge in [-0.25, -0.2) is 8.42 Å². The molecular weight excluding hydrogens is 300 g/mol. The van der Waals surface area contributed by atoms with Crippen molar-refractivity contribution >= 4 is 21.6 Å². The fourth-order valence-corrected chi connectivity index (χ4v) is 3.13. The Morgan fingerprint density at radius 2 is 1.68 bits per heavy atom. The minimum atomic E-state index is -3.54. The SMILES string of the molecule is Cc1cccc(C)c1N(CC(=O)NC(C)C(C)C)S(C)(=O)=O.